The average molecular weight is 659 g/mol. The Hall–Kier alpha value is -3.99. The van der Waals surface area contributed by atoms with Gasteiger partial charge >= 0.3 is 6.09 Å². The smallest absolute Gasteiger partial charge is 0.410 e. The van der Waals surface area contributed by atoms with Crippen LogP contribution in [0, 0.1) is 18.8 Å². The monoisotopic (exact) mass is 658 g/mol. The van der Waals surface area contributed by atoms with Crippen molar-refractivity contribution >= 4 is 17.8 Å². The van der Waals surface area contributed by atoms with Crippen LogP contribution >= 0.6 is 0 Å². The second-order valence-corrected chi connectivity index (χ2v) is 14.0. The summed E-state index contributed by atoms with van der Waals surface area (Å²) >= 11 is 0. The number of rotatable bonds is 10. The van der Waals surface area contributed by atoms with Crippen molar-refractivity contribution in [3.8, 4) is 16.9 Å². The van der Waals surface area contributed by atoms with Gasteiger partial charge in [0.2, 0.25) is 5.91 Å². The number of aromatic nitrogens is 4. The van der Waals surface area contributed by atoms with Crippen LogP contribution in [0.3, 0.4) is 0 Å². The van der Waals surface area contributed by atoms with E-state index in [4.69, 9.17) is 24.2 Å². The van der Waals surface area contributed by atoms with Gasteiger partial charge in [-0.3, -0.25) is 19.4 Å². The Morgan fingerprint density at radius 1 is 0.958 bits per heavy atom. The number of hydrogen-bond acceptors (Lipinski definition) is 8. The van der Waals surface area contributed by atoms with E-state index < -0.39 is 0 Å². The summed E-state index contributed by atoms with van der Waals surface area (Å²) in [6.07, 6.45) is 12.2. The maximum absolute atomic E-state index is 14.4. The molecule has 0 atom stereocenters. The van der Waals surface area contributed by atoms with Crippen molar-refractivity contribution in [3.63, 3.8) is 0 Å². The van der Waals surface area contributed by atoms with Gasteiger partial charge < -0.3 is 19.1 Å². The molecule has 1 aliphatic heterocycles. The van der Waals surface area contributed by atoms with E-state index in [9.17, 15) is 9.59 Å². The van der Waals surface area contributed by atoms with Crippen LogP contribution in [0.5, 0.6) is 5.75 Å². The van der Waals surface area contributed by atoms with E-state index in [1.54, 1.807) is 25.3 Å². The summed E-state index contributed by atoms with van der Waals surface area (Å²) in [5.74, 6) is 2.24. The fourth-order valence-electron chi connectivity index (χ4n) is 7.32. The van der Waals surface area contributed by atoms with E-state index in [0.29, 0.717) is 63.0 Å². The summed E-state index contributed by atoms with van der Waals surface area (Å²) in [5.41, 5.74) is 4.04. The molecule has 3 aromatic rings. The summed E-state index contributed by atoms with van der Waals surface area (Å²) < 4.78 is 18.5. The highest BCUT2D eigenvalue weighted by Crippen LogP contribution is 2.38. The molecule has 2 amide bonds. The predicted molar refractivity (Wildman–Crippen MR) is 183 cm³/mol. The first kappa shape index (κ1) is 33.9. The second-order valence-electron chi connectivity index (χ2n) is 14.0. The zero-order valence-corrected chi connectivity index (χ0v) is 29.0. The van der Waals surface area contributed by atoms with Crippen LogP contribution < -0.4 is 9.64 Å². The topological polar surface area (TPSA) is 112 Å². The van der Waals surface area contributed by atoms with Crippen LogP contribution in [0.4, 0.5) is 10.6 Å². The first-order chi connectivity index (χ1) is 23.2. The van der Waals surface area contributed by atoms with Crippen molar-refractivity contribution in [3.05, 3.63) is 54.2 Å². The van der Waals surface area contributed by atoms with E-state index in [1.165, 1.54) is 0 Å². The molecule has 3 aromatic heterocycles. The molecule has 0 unspecified atom stereocenters. The molecule has 258 valence electrons. The molecule has 1 saturated heterocycles. The molecule has 0 spiro atoms. The van der Waals surface area contributed by atoms with E-state index in [-0.39, 0.29) is 36.2 Å². The zero-order chi connectivity index (χ0) is 33.8. The van der Waals surface area contributed by atoms with Crippen LogP contribution in [0.1, 0.15) is 88.6 Å². The molecule has 11 heteroatoms. The highest BCUT2D eigenvalue weighted by atomic mass is 16.6. The Bertz CT molecular complexity index is 1550. The van der Waals surface area contributed by atoms with Crippen molar-refractivity contribution < 1.29 is 23.8 Å². The molecule has 4 heterocycles. The maximum Gasteiger partial charge on any atom is 0.410 e. The lowest BCUT2D eigenvalue weighted by atomic mass is 9.79. The van der Waals surface area contributed by atoms with E-state index >= 15 is 0 Å². The Labute approximate surface area is 284 Å². The van der Waals surface area contributed by atoms with Gasteiger partial charge in [-0.15, -0.1) is 0 Å². The van der Waals surface area contributed by atoms with Crippen molar-refractivity contribution in [2.45, 2.75) is 96.3 Å². The van der Waals surface area contributed by atoms with E-state index in [2.05, 4.69) is 25.0 Å². The summed E-state index contributed by atoms with van der Waals surface area (Å²) in [5, 5.41) is 4.53. The summed E-state index contributed by atoms with van der Waals surface area (Å²) in [7, 11) is 3.34. The number of nitrogens with zero attached hydrogens (tertiary/aromatic N) is 6. The first-order valence-corrected chi connectivity index (χ1v) is 17.5. The van der Waals surface area contributed by atoms with Gasteiger partial charge in [-0.25, -0.2) is 9.78 Å². The Kier molecular flexibility index (Phi) is 10.6. The summed E-state index contributed by atoms with van der Waals surface area (Å²) in [6, 6.07) is 8.38. The van der Waals surface area contributed by atoms with Gasteiger partial charge in [0, 0.05) is 55.2 Å². The third kappa shape index (κ3) is 7.66. The van der Waals surface area contributed by atoms with Crippen molar-refractivity contribution in [2.75, 3.05) is 38.8 Å². The number of likely N-dealkylation sites (tertiary alicyclic amines) is 1. The third-order valence-corrected chi connectivity index (χ3v) is 10.5. The lowest BCUT2D eigenvalue weighted by molar-refractivity contribution is -0.124. The normalized spacial score (nSPS) is 23.1. The number of carbonyl (C=O) groups excluding carboxylic acids is 2. The fraction of sp³-hybridized carbons (Fsp3) is 0.595. The van der Waals surface area contributed by atoms with Gasteiger partial charge in [-0.2, -0.15) is 5.10 Å². The number of anilines is 1. The highest BCUT2D eigenvalue weighted by Gasteiger charge is 2.37. The first-order valence-electron chi connectivity index (χ1n) is 17.5. The van der Waals surface area contributed by atoms with E-state index in [1.807, 2.05) is 47.1 Å². The number of amides is 2. The van der Waals surface area contributed by atoms with Crippen LogP contribution in [0.15, 0.2) is 42.9 Å². The minimum atomic E-state index is -0.280. The number of carbonyl (C=O) groups is 2. The molecular weight excluding hydrogens is 608 g/mol. The average Bonchev–Trinajstić information content (AvgIpc) is 3.58. The number of pyridine rings is 2. The second kappa shape index (κ2) is 15.1. The van der Waals surface area contributed by atoms with Crippen LogP contribution in [0.2, 0.25) is 0 Å². The molecule has 3 fully saturated rings. The molecule has 3 aliphatic rings. The lowest BCUT2D eigenvalue weighted by Gasteiger charge is -2.39. The minimum Gasteiger partial charge on any atom is -0.495 e. The van der Waals surface area contributed by atoms with Crippen LogP contribution in [-0.2, 0) is 14.3 Å². The molecule has 6 rings (SSSR count). The van der Waals surface area contributed by atoms with Gasteiger partial charge in [0.15, 0.2) is 0 Å². The lowest BCUT2D eigenvalue weighted by Crippen LogP contribution is -2.55. The van der Waals surface area contributed by atoms with Crippen molar-refractivity contribution in [1.82, 2.24) is 24.6 Å². The van der Waals surface area contributed by atoms with E-state index in [0.717, 1.165) is 53.9 Å². The van der Waals surface area contributed by atoms with Crippen molar-refractivity contribution in [2.24, 2.45) is 11.8 Å². The molecule has 0 N–H and O–H groups in total. The molecule has 0 bridgehead atoms. The standard InChI is InChI=1S/C37H50N6O5/c1-24(2)43-21-30(19-39-43)29-16-17-38-35(18-29)42(20-26-6-8-27(9-7-26)33-14-15-34(47-5)25(3)40-33)36(44)28-10-12-31(13-11-28)48-37(45)41-22-32(23-41)46-4/h14-19,21,24,26-28,31-32H,6-13,20,22-23H2,1-5H3. The molecule has 2 saturated carbocycles. The quantitative estimate of drug-likeness (QED) is 0.241. The fourth-order valence-corrected chi connectivity index (χ4v) is 7.32. The Morgan fingerprint density at radius 3 is 2.35 bits per heavy atom. The molecule has 11 nitrogen and oxygen atoms in total. The highest BCUT2D eigenvalue weighted by molar-refractivity contribution is 5.94. The predicted octanol–water partition coefficient (Wildman–Crippen LogP) is 6.57. The summed E-state index contributed by atoms with van der Waals surface area (Å²) in [4.78, 5) is 40.2. The minimum absolute atomic E-state index is 0.0914. The van der Waals surface area contributed by atoms with Crippen LogP contribution in [0.25, 0.3) is 11.1 Å². The number of hydrogen-bond donors (Lipinski definition) is 0. The summed E-state index contributed by atoms with van der Waals surface area (Å²) in [6.45, 7) is 7.97. The van der Waals surface area contributed by atoms with Crippen LogP contribution in [-0.4, -0.2) is 82.7 Å². The van der Waals surface area contributed by atoms with Gasteiger partial charge in [-0.05, 0) is 108 Å². The number of aryl methyl sites for hydroxylation is 1. The van der Waals surface area contributed by atoms with Crippen molar-refractivity contribution in [1.29, 1.82) is 0 Å². The molecular formula is C37H50N6O5. The Balaban J connectivity index is 1.14. The van der Waals surface area contributed by atoms with Gasteiger partial charge in [0.05, 0.1) is 38.2 Å². The molecule has 0 aromatic carbocycles. The number of methoxy groups -OCH3 is 2. The molecule has 48 heavy (non-hydrogen) atoms. The molecule has 0 radical (unpaired) electrons. The zero-order valence-electron chi connectivity index (χ0n) is 29.0. The SMILES string of the molecule is COc1ccc(C2CCC(CN(C(=O)C3CCC(OC(=O)N4CC(OC)C4)CC3)c3cc(-c4cnn(C(C)C)c4)ccn3)CC2)nc1C. The van der Waals surface area contributed by atoms with Gasteiger partial charge in [0.25, 0.3) is 0 Å². The number of ether oxygens (including phenoxy) is 3. The maximum atomic E-state index is 14.4. The van der Waals surface area contributed by atoms with Gasteiger partial charge in [-0.1, -0.05) is 0 Å². The molecule has 2 aliphatic carbocycles. The van der Waals surface area contributed by atoms with Gasteiger partial charge in [0.1, 0.15) is 17.7 Å². The third-order valence-electron chi connectivity index (χ3n) is 10.5. The largest absolute Gasteiger partial charge is 0.495 e. The Morgan fingerprint density at radius 2 is 1.71 bits per heavy atom.